The van der Waals surface area contributed by atoms with E-state index in [1.807, 2.05) is 19.0 Å². The third-order valence-corrected chi connectivity index (χ3v) is 4.94. The highest BCUT2D eigenvalue weighted by atomic mass is 32.2. The van der Waals surface area contributed by atoms with Gasteiger partial charge in [0.05, 0.1) is 16.1 Å². The van der Waals surface area contributed by atoms with Crippen LogP contribution in [0.5, 0.6) is 0 Å². The molecule has 2 aromatic carbocycles. The van der Waals surface area contributed by atoms with Crippen molar-refractivity contribution >= 4 is 15.7 Å². The monoisotopic (exact) mass is 372 g/mol. The molecule has 0 unspecified atom stereocenters. The molecule has 2 aromatic rings. The molecule has 0 heterocycles. The molecule has 136 valence electrons. The van der Waals surface area contributed by atoms with Crippen molar-refractivity contribution in [2.45, 2.75) is 24.5 Å². The molecule has 0 fully saturated rings. The standard InChI is InChI=1S/C17H19F3N2O2S/c1-12-8-9-14(10-15(12)17(18,19)20)25(23,24)21-16-7-5-4-6-13(16)11-22(2)3/h4-10,21H,11H2,1-3H3. The minimum atomic E-state index is -4.61. The number of para-hydroxylation sites is 1. The summed E-state index contributed by atoms with van der Waals surface area (Å²) in [5.41, 5.74) is 0.0703. The van der Waals surface area contributed by atoms with Crippen LogP contribution in [0, 0.1) is 6.92 Å². The Labute approximate surface area is 145 Å². The number of anilines is 1. The van der Waals surface area contributed by atoms with E-state index in [2.05, 4.69) is 4.72 Å². The van der Waals surface area contributed by atoms with E-state index in [1.165, 1.54) is 13.0 Å². The van der Waals surface area contributed by atoms with Gasteiger partial charge in [-0.3, -0.25) is 4.72 Å². The summed E-state index contributed by atoms with van der Waals surface area (Å²) in [7, 11) is -0.471. The number of hydrogen-bond donors (Lipinski definition) is 1. The smallest absolute Gasteiger partial charge is 0.305 e. The van der Waals surface area contributed by atoms with E-state index < -0.39 is 26.7 Å². The van der Waals surface area contributed by atoms with Gasteiger partial charge in [0.15, 0.2) is 0 Å². The Morgan fingerprint density at radius 1 is 1.08 bits per heavy atom. The molecule has 0 bridgehead atoms. The molecular weight excluding hydrogens is 353 g/mol. The van der Waals surface area contributed by atoms with Crippen LogP contribution in [0.25, 0.3) is 0 Å². The van der Waals surface area contributed by atoms with Gasteiger partial charge in [-0.2, -0.15) is 13.2 Å². The van der Waals surface area contributed by atoms with Crippen molar-refractivity contribution in [1.29, 1.82) is 0 Å². The third-order valence-electron chi connectivity index (χ3n) is 3.57. The fourth-order valence-electron chi connectivity index (χ4n) is 2.38. The fourth-order valence-corrected chi connectivity index (χ4v) is 3.50. The topological polar surface area (TPSA) is 49.4 Å². The van der Waals surface area contributed by atoms with Gasteiger partial charge in [0, 0.05) is 6.54 Å². The van der Waals surface area contributed by atoms with Crippen LogP contribution in [0.2, 0.25) is 0 Å². The Bertz CT molecular complexity index is 862. The van der Waals surface area contributed by atoms with Crippen molar-refractivity contribution in [3.05, 3.63) is 59.2 Å². The second-order valence-electron chi connectivity index (χ2n) is 5.97. The van der Waals surface area contributed by atoms with Gasteiger partial charge < -0.3 is 4.90 Å². The van der Waals surface area contributed by atoms with E-state index in [-0.39, 0.29) is 5.56 Å². The Kier molecular flexibility index (Phi) is 5.43. The molecule has 4 nitrogen and oxygen atoms in total. The molecule has 0 aliphatic carbocycles. The van der Waals surface area contributed by atoms with Gasteiger partial charge in [-0.1, -0.05) is 24.3 Å². The van der Waals surface area contributed by atoms with Gasteiger partial charge >= 0.3 is 6.18 Å². The van der Waals surface area contributed by atoms with E-state index in [0.29, 0.717) is 18.3 Å². The normalized spacial score (nSPS) is 12.4. The molecular formula is C17H19F3N2O2S. The van der Waals surface area contributed by atoms with Crippen molar-refractivity contribution in [3.63, 3.8) is 0 Å². The Morgan fingerprint density at radius 3 is 2.32 bits per heavy atom. The van der Waals surface area contributed by atoms with Crippen molar-refractivity contribution in [1.82, 2.24) is 4.90 Å². The SMILES string of the molecule is Cc1ccc(S(=O)(=O)Nc2ccccc2CN(C)C)cc1C(F)(F)F. The summed E-state index contributed by atoms with van der Waals surface area (Å²) >= 11 is 0. The van der Waals surface area contributed by atoms with Crippen LogP contribution in [0.15, 0.2) is 47.4 Å². The summed E-state index contributed by atoms with van der Waals surface area (Å²) in [6, 6.07) is 9.75. The van der Waals surface area contributed by atoms with Crippen LogP contribution >= 0.6 is 0 Å². The van der Waals surface area contributed by atoms with E-state index in [1.54, 1.807) is 24.3 Å². The largest absolute Gasteiger partial charge is 0.416 e. The van der Waals surface area contributed by atoms with Crippen molar-refractivity contribution in [3.8, 4) is 0 Å². The molecule has 2 rings (SSSR count). The predicted octanol–water partition coefficient (Wildman–Crippen LogP) is 3.88. The molecule has 0 radical (unpaired) electrons. The van der Waals surface area contributed by atoms with E-state index in [9.17, 15) is 21.6 Å². The number of alkyl halides is 3. The lowest BCUT2D eigenvalue weighted by atomic mass is 10.1. The molecule has 0 aliphatic heterocycles. The molecule has 0 amide bonds. The number of aryl methyl sites for hydroxylation is 1. The maximum Gasteiger partial charge on any atom is 0.416 e. The molecule has 0 aliphatic rings. The number of nitrogens with zero attached hydrogens (tertiary/aromatic N) is 1. The first-order valence-corrected chi connectivity index (χ1v) is 8.92. The molecule has 0 spiro atoms. The molecule has 8 heteroatoms. The van der Waals surface area contributed by atoms with E-state index in [4.69, 9.17) is 0 Å². The minimum absolute atomic E-state index is 0.0283. The summed E-state index contributed by atoms with van der Waals surface area (Å²) in [5.74, 6) is 0. The average Bonchev–Trinajstić information content (AvgIpc) is 2.47. The maximum absolute atomic E-state index is 13.0. The Balaban J connectivity index is 2.41. The zero-order valence-electron chi connectivity index (χ0n) is 14.1. The predicted molar refractivity (Wildman–Crippen MR) is 90.8 cm³/mol. The number of benzene rings is 2. The van der Waals surface area contributed by atoms with Crippen molar-refractivity contribution in [2.75, 3.05) is 18.8 Å². The molecule has 0 aromatic heterocycles. The lowest BCUT2D eigenvalue weighted by Crippen LogP contribution is -2.18. The lowest BCUT2D eigenvalue weighted by Gasteiger charge is -2.17. The Morgan fingerprint density at radius 2 is 1.72 bits per heavy atom. The van der Waals surface area contributed by atoms with Crippen molar-refractivity contribution in [2.24, 2.45) is 0 Å². The number of nitrogens with one attached hydrogen (secondary N) is 1. The summed E-state index contributed by atoms with van der Waals surface area (Å²) in [5, 5.41) is 0. The molecule has 0 saturated carbocycles. The van der Waals surface area contributed by atoms with Gasteiger partial charge in [0.1, 0.15) is 0 Å². The molecule has 25 heavy (non-hydrogen) atoms. The second-order valence-corrected chi connectivity index (χ2v) is 7.66. The summed E-state index contributed by atoms with van der Waals surface area (Å²) in [6.45, 7) is 1.78. The molecule has 0 atom stereocenters. The van der Waals surface area contributed by atoms with Crippen LogP contribution in [0.1, 0.15) is 16.7 Å². The van der Waals surface area contributed by atoms with Crippen LogP contribution in [0.4, 0.5) is 18.9 Å². The zero-order chi connectivity index (χ0) is 18.8. The number of rotatable bonds is 5. The number of sulfonamides is 1. The van der Waals surface area contributed by atoms with Crippen molar-refractivity contribution < 1.29 is 21.6 Å². The summed E-state index contributed by atoms with van der Waals surface area (Å²) in [6.07, 6.45) is -4.61. The van der Waals surface area contributed by atoms with Gasteiger partial charge in [-0.05, 0) is 50.3 Å². The lowest BCUT2D eigenvalue weighted by molar-refractivity contribution is -0.138. The first kappa shape index (κ1) is 19.3. The second kappa shape index (κ2) is 7.05. The molecule has 1 N–H and O–H groups in total. The summed E-state index contributed by atoms with van der Waals surface area (Å²) in [4.78, 5) is 1.44. The fraction of sp³-hybridized carbons (Fsp3) is 0.294. The van der Waals surface area contributed by atoms with Gasteiger partial charge in [-0.15, -0.1) is 0 Å². The highest BCUT2D eigenvalue weighted by molar-refractivity contribution is 7.92. The Hall–Kier alpha value is -2.06. The van der Waals surface area contributed by atoms with Crippen LogP contribution in [-0.2, 0) is 22.7 Å². The minimum Gasteiger partial charge on any atom is -0.305 e. The quantitative estimate of drug-likeness (QED) is 0.867. The van der Waals surface area contributed by atoms with Crippen LogP contribution < -0.4 is 4.72 Å². The molecule has 0 saturated heterocycles. The van der Waals surface area contributed by atoms with Crippen LogP contribution in [-0.4, -0.2) is 27.4 Å². The van der Waals surface area contributed by atoms with Crippen LogP contribution in [0.3, 0.4) is 0 Å². The zero-order valence-corrected chi connectivity index (χ0v) is 14.9. The third kappa shape index (κ3) is 4.73. The van der Waals surface area contributed by atoms with Gasteiger partial charge in [0.25, 0.3) is 10.0 Å². The first-order chi connectivity index (χ1) is 11.5. The number of hydrogen-bond acceptors (Lipinski definition) is 3. The maximum atomic E-state index is 13.0. The number of halogens is 3. The van der Waals surface area contributed by atoms with Gasteiger partial charge in [-0.25, -0.2) is 8.42 Å². The van der Waals surface area contributed by atoms with E-state index in [0.717, 1.165) is 11.6 Å². The highest BCUT2D eigenvalue weighted by Crippen LogP contribution is 2.33. The van der Waals surface area contributed by atoms with Gasteiger partial charge in [0.2, 0.25) is 0 Å². The average molecular weight is 372 g/mol. The highest BCUT2D eigenvalue weighted by Gasteiger charge is 2.33. The summed E-state index contributed by atoms with van der Waals surface area (Å²) < 4.78 is 66.6. The first-order valence-electron chi connectivity index (χ1n) is 7.44. The van der Waals surface area contributed by atoms with E-state index >= 15 is 0 Å².